The summed E-state index contributed by atoms with van der Waals surface area (Å²) in [4.78, 5) is 15.5. The van der Waals surface area contributed by atoms with Gasteiger partial charge in [0.15, 0.2) is 0 Å². The van der Waals surface area contributed by atoms with Crippen molar-refractivity contribution in [2.75, 3.05) is 5.32 Å². The Hall–Kier alpha value is -2.84. The molecular weight excluding hydrogens is 350 g/mol. The van der Waals surface area contributed by atoms with Gasteiger partial charge in [0.1, 0.15) is 0 Å². The molecule has 1 aromatic carbocycles. The molecule has 25 heavy (non-hydrogen) atoms. The molecule has 0 saturated carbocycles. The minimum atomic E-state index is -4.84. The summed E-state index contributed by atoms with van der Waals surface area (Å²) in [6, 6.07) is 3.30. The smallest absolute Gasteiger partial charge is 0.321 e. The summed E-state index contributed by atoms with van der Waals surface area (Å²) in [5, 5.41) is 2.06. The van der Waals surface area contributed by atoms with Crippen LogP contribution in [0.25, 0.3) is 6.08 Å². The molecule has 0 radical (unpaired) electrons. The molecule has 0 atom stereocenters. The zero-order chi connectivity index (χ0) is 18.8. The van der Waals surface area contributed by atoms with Crippen molar-refractivity contribution in [1.29, 1.82) is 0 Å². The minimum Gasteiger partial charge on any atom is -0.321 e. The van der Waals surface area contributed by atoms with Crippen LogP contribution in [0.3, 0.4) is 0 Å². The number of aromatic nitrogens is 1. The normalized spacial score (nSPS) is 11.9. The average Bonchev–Trinajstić information content (AvgIpc) is 2.53. The van der Waals surface area contributed by atoms with Gasteiger partial charge in [-0.3, -0.25) is 9.78 Å². The lowest BCUT2D eigenvalue weighted by Gasteiger charge is -2.15. The number of hydrogen-bond acceptors (Lipinski definition) is 2. The van der Waals surface area contributed by atoms with Crippen molar-refractivity contribution in [3.8, 4) is 0 Å². The molecule has 0 saturated heterocycles. The number of halogens is 6. The van der Waals surface area contributed by atoms with Gasteiger partial charge in [-0.15, -0.1) is 0 Å². The molecule has 9 heteroatoms. The van der Waals surface area contributed by atoms with Crippen molar-refractivity contribution < 1.29 is 31.1 Å². The molecular formula is C16H10F6N2O. The maximum Gasteiger partial charge on any atom is 0.418 e. The van der Waals surface area contributed by atoms with Crippen LogP contribution in [0.4, 0.5) is 32.0 Å². The number of carbonyl (C=O) groups is 1. The first-order valence-electron chi connectivity index (χ1n) is 6.70. The quantitative estimate of drug-likeness (QED) is 0.782. The van der Waals surface area contributed by atoms with Crippen molar-refractivity contribution in [1.82, 2.24) is 4.98 Å². The van der Waals surface area contributed by atoms with Gasteiger partial charge in [0.2, 0.25) is 0 Å². The van der Waals surface area contributed by atoms with E-state index in [1.807, 2.05) is 0 Å². The zero-order valence-electron chi connectivity index (χ0n) is 12.4. The van der Waals surface area contributed by atoms with Crippen molar-refractivity contribution in [2.24, 2.45) is 0 Å². The highest BCUT2D eigenvalue weighted by Crippen LogP contribution is 2.34. The number of amides is 1. The number of alkyl halides is 6. The molecule has 1 heterocycles. The van der Waals surface area contributed by atoms with Crippen LogP contribution >= 0.6 is 0 Å². The summed E-state index contributed by atoms with van der Waals surface area (Å²) in [5.74, 6) is -1.21. The summed E-state index contributed by atoms with van der Waals surface area (Å²) in [5.41, 5.74) is -3.28. The van der Waals surface area contributed by atoms with Gasteiger partial charge in [0.05, 0.1) is 16.7 Å². The molecule has 1 N–H and O–H groups in total. The van der Waals surface area contributed by atoms with Gasteiger partial charge in [0.25, 0.3) is 5.91 Å². The van der Waals surface area contributed by atoms with E-state index >= 15 is 0 Å². The number of nitrogens with zero attached hydrogens (tertiary/aromatic N) is 1. The fourth-order valence-corrected chi connectivity index (χ4v) is 2.03. The van der Waals surface area contributed by atoms with Crippen molar-refractivity contribution in [3.05, 3.63) is 65.5 Å². The second-order valence-electron chi connectivity index (χ2n) is 4.88. The molecule has 3 nitrogen and oxygen atoms in total. The lowest BCUT2D eigenvalue weighted by molar-refractivity contribution is -0.138. The van der Waals surface area contributed by atoms with Crippen LogP contribution in [0.2, 0.25) is 0 Å². The van der Waals surface area contributed by atoms with E-state index < -0.39 is 35.0 Å². The van der Waals surface area contributed by atoms with E-state index in [2.05, 4.69) is 16.9 Å². The van der Waals surface area contributed by atoms with Gasteiger partial charge in [0, 0.05) is 18.1 Å². The number of nitrogens with one attached hydrogen (secondary N) is 1. The Bertz CT molecular complexity index is 811. The van der Waals surface area contributed by atoms with Crippen LogP contribution in [0.15, 0.2) is 43.2 Å². The third-order valence-corrected chi connectivity index (χ3v) is 3.22. The zero-order valence-corrected chi connectivity index (χ0v) is 12.4. The second-order valence-corrected chi connectivity index (χ2v) is 4.88. The Morgan fingerprint density at radius 2 is 1.76 bits per heavy atom. The number of anilines is 1. The number of benzene rings is 1. The molecule has 0 spiro atoms. The molecule has 1 amide bonds. The number of rotatable bonds is 3. The topological polar surface area (TPSA) is 42.0 Å². The predicted octanol–water partition coefficient (Wildman–Crippen LogP) is 5.01. The van der Waals surface area contributed by atoms with Crippen LogP contribution in [-0.2, 0) is 12.4 Å². The highest BCUT2D eigenvalue weighted by molar-refractivity contribution is 6.06. The van der Waals surface area contributed by atoms with Crippen molar-refractivity contribution in [2.45, 2.75) is 12.4 Å². The average molecular weight is 360 g/mol. The van der Waals surface area contributed by atoms with Gasteiger partial charge in [-0.05, 0) is 23.8 Å². The summed E-state index contributed by atoms with van der Waals surface area (Å²) >= 11 is 0. The molecule has 2 aromatic rings. The number of carbonyl (C=O) groups excluding carboxylic acids is 1. The Balaban J connectivity index is 2.44. The molecule has 132 valence electrons. The van der Waals surface area contributed by atoms with E-state index in [1.165, 1.54) is 6.08 Å². The summed E-state index contributed by atoms with van der Waals surface area (Å²) < 4.78 is 77.2. The van der Waals surface area contributed by atoms with Gasteiger partial charge < -0.3 is 5.32 Å². The lowest BCUT2D eigenvalue weighted by atomic mass is 10.1. The maximum atomic E-state index is 12.9. The van der Waals surface area contributed by atoms with E-state index in [-0.39, 0.29) is 11.3 Å². The number of hydrogen-bond donors (Lipinski definition) is 1. The van der Waals surface area contributed by atoms with Gasteiger partial charge in [-0.25, -0.2) is 0 Å². The minimum absolute atomic E-state index is 0.129. The summed E-state index contributed by atoms with van der Waals surface area (Å²) in [6.07, 6.45) is -6.89. The third kappa shape index (κ3) is 4.17. The molecule has 0 bridgehead atoms. The molecule has 0 aliphatic carbocycles. The van der Waals surface area contributed by atoms with Crippen molar-refractivity contribution in [3.63, 3.8) is 0 Å². The highest BCUT2D eigenvalue weighted by Gasteiger charge is 2.36. The van der Waals surface area contributed by atoms with Gasteiger partial charge in [-0.1, -0.05) is 18.7 Å². The maximum absolute atomic E-state index is 12.9. The van der Waals surface area contributed by atoms with E-state index in [4.69, 9.17) is 0 Å². The first kappa shape index (κ1) is 18.5. The Labute approximate surface area is 138 Å². The Morgan fingerprint density at radius 1 is 1.08 bits per heavy atom. The molecule has 0 unspecified atom stereocenters. The molecule has 1 aromatic heterocycles. The fourth-order valence-electron chi connectivity index (χ4n) is 2.03. The van der Waals surface area contributed by atoms with Crippen LogP contribution in [0.1, 0.15) is 27.0 Å². The standard InChI is InChI=1S/C16H10F6N2O/c1-2-9-3-4-10(15(17,18)19)7-13(9)24-14(25)11-5-6-23-8-12(11)16(20,21)22/h2-8H,1H2,(H,24,25). The lowest BCUT2D eigenvalue weighted by Crippen LogP contribution is -2.19. The van der Waals surface area contributed by atoms with E-state index in [0.717, 1.165) is 24.4 Å². The van der Waals surface area contributed by atoms with Crippen molar-refractivity contribution >= 4 is 17.7 Å². The van der Waals surface area contributed by atoms with Crippen LogP contribution in [0.5, 0.6) is 0 Å². The summed E-state index contributed by atoms with van der Waals surface area (Å²) in [6.45, 7) is 3.40. The SMILES string of the molecule is C=Cc1ccc(C(F)(F)F)cc1NC(=O)c1ccncc1C(F)(F)F. The molecule has 0 fully saturated rings. The monoisotopic (exact) mass is 360 g/mol. The largest absolute Gasteiger partial charge is 0.418 e. The molecule has 0 aliphatic rings. The fraction of sp³-hybridized carbons (Fsp3) is 0.125. The first-order valence-corrected chi connectivity index (χ1v) is 6.70. The van der Waals surface area contributed by atoms with E-state index in [1.54, 1.807) is 0 Å². The van der Waals surface area contributed by atoms with Gasteiger partial charge >= 0.3 is 12.4 Å². The number of pyridine rings is 1. The molecule has 0 aliphatic heterocycles. The highest BCUT2D eigenvalue weighted by atomic mass is 19.4. The second kappa shape index (κ2) is 6.58. The van der Waals surface area contributed by atoms with Gasteiger partial charge in [-0.2, -0.15) is 26.3 Å². The predicted molar refractivity (Wildman–Crippen MR) is 78.7 cm³/mol. The van der Waals surface area contributed by atoms with E-state index in [0.29, 0.717) is 12.3 Å². The van der Waals surface area contributed by atoms with E-state index in [9.17, 15) is 31.1 Å². The Kier molecular flexibility index (Phi) is 4.87. The van der Waals surface area contributed by atoms with Crippen LogP contribution in [0, 0.1) is 0 Å². The summed E-state index contributed by atoms with van der Waals surface area (Å²) in [7, 11) is 0. The Morgan fingerprint density at radius 3 is 2.32 bits per heavy atom. The third-order valence-electron chi connectivity index (χ3n) is 3.22. The van der Waals surface area contributed by atoms with Crippen LogP contribution in [-0.4, -0.2) is 10.9 Å². The molecule has 2 rings (SSSR count). The first-order chi connectivity index (χ1) is 11.5. The van der Waals surface area contributed by atoms with Crippen LogP contribution < -0.4 is 5.32 Å².